The molecule has 0 aliphatic rings. The Bertz CT molecular complexity index is 335. The Kier molecular flexibility index (Phi) is 25.9. The molecule has 0 unspecified atom stereocenters. The predicted octanol–water partition coefficient (Wildman–Crippen LogP) is 4.17. The number of phosphoric acid groups is 2. The van der Waals surface area contributed by atoms with Gasteiger partial charge in [0.1, 0.15) is 0 Å². The van der Waals surface area contributed by atoms with Crippen molar-refractivity contribution in [2.24, 2.45) is 0 Å². The van der Waals surface area contributed by atoms with Gasteiger partial charge >= 0.3 is 19.5 Å². The van der Waals surface area contributed by atoms with Crippen molar-refractivity contribution in [3.05, 3.63) is 0 Å². The topological polar surface area (TPSA) is 117 Å². The molecule has 0 fully saturated rings. The molecule has 0 aromatic heterocycles. The van der Waals surface area contributed by atoms with E-state index in [0.29, 0.717) is 0 Å². The maximum Gasteiger partial charge on any atom is 2.00 e. The van der Waals surface area contributed by atoms with Gasteiger partial charge in [0, 0.05) is 0 Å². The molecule has 0 atom stereocenters. The minimum Gasteiger partial charge on any atom is -0.756 e. The predicted molar refractivity (Wildman–Crippen MR) is 98.7 cm³/mol. The third kappa shape index (κ3) is 26.8. The zero-order valence-corrected chi connectivity index (χ0v) is 22.1. The van der Waals surface area contributed by atoms with Crippen LogP contribution >= 0.6 is 15.6 Å². The molecule has 160 valence electrons. The van der Waals surface area contributed by atoms with Crippen LogP contribution in [0.3, 0.4) is 0 Å². The Morgan fingerprint density at radius 1 is 0.556 bits per heavy atom. The van der Waals surface area contributed by atoms with Gasteiger partial charge in [-0.1, -0.05) is 53.4 Å². The Hall–Kier alpha value is 0.843. The van der Waals surface area contributed by atoms with E-state index in [0.717, 1.165) is 51.4 Å². The zero-order valence-electron chi connectivity index (χ0n) is 17.4. The van der Waals surface area contributed by atoms with Gasteiger partial charge in [0.25, 0.3) is 15.6 Å². The molecule has 27 heavy (non-hydrogen) atoms. The summed E-state index contributed by atoms with van der Waals surface area (Å²) in [5.74, 6) is 0. The van der Waals surface area contributed by atoms with Crippen LogP contribution in [-0.2, 0) is 46.7 Å². The van der Waals surface area contributed by atoms with Crippen molar-refractivity contribution in [1.29, 1.82) is 0 Å². The van der Waals surface area contributed by atoms with Crippen LogP contribution in [0.2, 0.25) is 0 Å². The summed E-state index contributed by atoms with van der Waals surface area (Å²) >= 11 is 0. The Morgan fingerprint density at radius 3 is 0.889 bits per heavy atom. The molecule has 0 bridgehead atoms. The monoisotopic (exact) mass is 482 g/mol. The second kappa shape index (κ2) is 21.5. The number of phosphoric ester groups is 2. The van der Waals surface area contributed by atoms with Gasteiger partial charge in [-0.05, 0) is 25.7 Å². The van der Waals surface area contributed by atoms with Crippen LogP contribution in [0.25, 0.3) is 0 Å². The molecule has 0 rings (SSSR count). The normalized spacial score (nSPS) is 11.5. The molecule has 0 saturated heterocycles. The second-order valence-electron chi connectivity index (χ2n) is 5.64. The molecule has 0 saturated carbocycles. The number of hydrogen-bond acceptors (Lipinski definition) is 8. The van der Waals surface area contributed by atoms with Crippen LogP contribution < -0.4 is 9.79 Å². The first-order valence-corrected chi connectivity index (χ1v) is 12.4. The first kappa shape index (κ1) is 32.5. The van der Waals surface area contributed by atoms with E-state index in [1.807, 2.05) is 27.7 Å². The van der Waals surface area contributed by atoms with Gasteiger partial charge < -0.3 is 27.9 Å². The Morgan fingerprint density at radius 2 is 0.741 bits per heavy atom. The van der Waals surface area contributed by atoms with Crippen molar-refractivity contribution in [3.8, 4) is 0 Å². The van der Waals surface area contributed by atoms with E-state index in [4.69, 9.17) is 0 Å². The Labute approximate surface area is 177 Å². The maximum atomic E-state index is 11.0. The molecule has 0 heterocycles. The molecular formula is C16H36O8P2Zn. The van der Waals surface area contributed by atoms with Gasteiger partial charge in [0.15, 0.2) is 0 Å². The molecule has 0 N–H and O–H groups in total. The average molecular weight is 484 g/mol. The van der Waals surface area contributed by atoms with Gasteiger partial charge in [0.2, 0.25) is 0 Å². The third-order valence-corrected chi connectivity index (χ3v) is 4.98. The minimum atomic E-state index is -4.00. The number of unbranched alkanes of at least 4 members (excludes halogenated alkanes) is 4. The van der Waals surface area contributed by atoms with Gasteiger partial charge in [-0.15, -0.1) is 0 Å². The first-order chi connectivity index (χ1) is 12.2. The molecule has 0 aromatic rings. The van der Waals surface area contributed by atoms with Crippen LogP contribution in [0.15, 0.2) is 0 Å². The van der Waals surface area contributed by atoms with Crippen LogP contribution in [-0.4, -0.2) is 26.4 Å². The van der Waals surface area contributed by atoms with Crippen LogP contribution in [0, 0.1) is 0 Å². The van der Waals surface area contributed by atoms with Gasteiger partial charge in [-0.25, -0.2) is 0 Å². The SMILES string of the molecule is CCCCOP(=O)([O-])OCCCC.CCCCOP(=O)([O-])OCCCC.[Zn+2]. The molecule has 0 aliphatic carbocycles. The average Bonchev–Trinajstić information content (AvgIpc) is 2.56. The molecule has 0 radical (unpaired) electrons. The van der Waals surface area contributed by atoms with Crippen molar-refractivity contribution in [3.63, 3.8) is 0 Å². The largest absolute Gasteiger partial charge is 2.00 e. The summed E-state index contributed by atoms with van der Waals surface area (Å²) < 4.78 is 40.3. The molecule has 0 aromatic carbocycles. The Balaban J connectivity index is -0.000000411. The van der Waals surface area contributed by atoms with Crippen molar-refractivity contribution in [1.82, 2.24) is 0 Å². The standard InChI is InChI=1S/2C8H19O4P.Zn/c2*1-3-5-7-11-13(9,10)12-8-6-4-2;/h2*3-8H2,1-2H3,(H,9,10);/q;;+2/p-2. The van der Waals surface area contributed by atoms with Gasteiger partial charge in [0.05, 0.1) is 26.4 Å². The van der Waals surface area contributed by atoms with Crippen molar-refractivity contribution >= 4 is 15.6 Å². The summed E-state index contributed by atoms with van der Waals surface area (Å²) in [6.07, 6.45) is 6.60. The van der Waals surface area contributed by atoms with Crippen molar-refractivity contribution in [2.75, 3.05) is 26.4 Å². The molecule has 8 nitrogen and oxygen atoms in total. The fourth-order valence-electron chi connectivity index (χ4n) is 1.36. The summed E-state index contributed by atoms with van der Waals surface area (Å²) in [4.78, 5) is 21.9. The smallest absolute Gasteiger partial charge is 0.756 e. The van der Waals surface area contributed by atoms with Crippen LogP contribution in [0.5, 0.6) is 0 Å². The number of hydrogen-bond donors (Lipinski definition) is 0. The van der Waals surface area contributed by atoms with Gasteiger partial charge in [-0.3, -0.25) is 9.13 Å². The molecule has 11 heteroatoms. The first-order valence-electron chi connectivity index (χ1n) is 9.44. The van der Waals surface area contributed by atoms with E-state index < -0.39 is 15.6 Å². The van der Waals surface area contributed by atoms with E-state index in [9.17, 15) is 18.9 Å². The summed E-state index contributed by atoms with van der Waals surface area (Å²) in [5, 5.41) is 0. The van der Waals surface area contributed by atoms with E-state index in [1.165, 1.54) is 0 Å². The van der Waals surface area contributed by atoms with E-state index in [-0.39, 0.29) is 45.9 Å². The quantitative estimate of drug-likeness (QED) is 0.182. The number of rotatable bonds is 16. The van der Waals surface area contributed by atoms with Crippen molar-refractivity contribution < 1.29 is 56.5 Å². The fraction of sp³-hybridized carbons (Fsp3) is 1.00. The summed E-state index contributed by atoms with van der Waals surface area (Å²) in [6.45, 7) is 8.78. The molecule has 0 aliphatic heterocycles. The molecule has 0 spiro atoms. The van der Waals surface area contributed by atoms with Crippen molar-refractivity contribution in [2.45, 2.75) is 79.1 Å². The second-order valence-corrected chi connectivity index (χ2v) is 8.46. The third-order valence-electron chi connectivity index (χ3n) is 2.99. The summed E-state index contributed by atoms with van der Waals surface area (Å²) in [6, 6.07) is 0. The maximum absolute atomic E-state index is 11.0. The summed E-state index contributed by atoms with van der Waals surface area (Å²) in [7, 11) is -8.00. The van der Waals surface area contributed by atoms with E-state index in [2.05, 4.69) is 18.1 Å². The van der Waals surface area contributed by atoms with Crippen LogP contribution in [0.1, 0.15) is 79.1 Å². The van der Waals surface area contributed by atoms with E-state index in [1.54, 1.807) is 0 Å². The van der Waals surface area contributed by atoms with Gasteiger partial charge in [-0.2, -0.15) is 0 Å². The molecule has 0 amide bonds. The zero-order chi connectivity index (χ0) is 20.3. The summed E-state index contributed by atoms with van der Waals surface area (Å²) in [5.41, 5.74) is 0. The van der Waals surface area contributed by atoms with Crippen LogP contribution in [0.4, 0.5) is 0 Å². The van der Waals surface area contributed by atoms with E-state index >= 15 is 0 Å². The minimum absolute atomic E-state index is 0. The molecular weight excluding hydrogens is 448 g/mol. The fourth-order valence-corrected chi connectivity index (χ4v) is 2.92.